The SMILES string of the molecule is CCC(NC)c1nnc(-c2ccc(Br)cc2OC)o1. The smallest absolute Gasteiger partial charge is 0.251 e. The summed E-state index contributed by atoms with van der Waals surface area (Å²) in [6.45, 7) is 2.06. The molecular formula is C13H16BrN3O2. The lowest BCUT2D eigenvalue weighted by atomic mass is 10.2. The van der Waals surface area contributed by atoms with Crippen LogP contribution in [0.2, 0.25) is 0 Å². The number of benzene rings is 1. The molecule has 1 heterocycles. The molecule has 1 aromatic carbocycles. The quantitative estimate of drug-likeness (QED) is 0.914. The molecule has 2 rings (SSSR count). The van der Waals surface area contributed by atoms with E-state index < -0.39 is 0 Å². The van der Waals surface area contributed by atoms with Crippen molar-refractivity contribution in [1.29, 1.82) is 0 Å². The molecule has 0 amide bonds. The van der Waals surface area contributed by atoms with E-state index in [2.05, 4.69) is 38.4 Å². The second-order valence-corrected chi connectivity index (χ2v) is 4.96. The Labute approximate surface area is 120 Å². The maximum atomic E-state index is 5.72. The van der Waals surface area contributed by atoms with Gasteiger partial charge in [0.25, 0.3) is 5.89 Å². The summed E-state index contributed by atoms with van der Waals surface area (Å²) >= 11 is 3.40. The Balaban J connectivity index is 2.37. The Hall–Kier alpha value is -1.40. The first-order valence-corrected chi connectivity index (χ1v) is 6.83. The number of hydrogen-bond acceptors (Lipinski definition) is 5. The monoisotopic (exact) mass is 325 g/mol. The molecule has 19 heavy (non-hydrogen) atoms. The average Bonchev–Trinajstić information content (AvgIpc) is 2.89. The summed E-state index contributed by atoms with van der Waals surface area (Å²) in [7, 11) is 3.49. The minimum Gasteiger partial charge on any atom is -0.496 e. The van der Waals surface area contributed by atoms with E-state index in [9.17, 15) is 0 Å². The average molecular weight is 326 g/mol. The van der Waals surface area contributed by atoms with Crippen molar-refractivity contribution < 1.29 is 9.15 Å². The molecule has 102 valence electrons. The van der Waals surface area contributed by atoms with Crippen LogP contribution in [-0.2, 0) is 0 Å². The first-order valence-electron chi connectivity index (χ1n) is 6.04. The van der Waals surface area contributed by atoms with Gasteiger partial charge >= 0.3 is 0 Å². The van der Waals surface area contributed by atoms with E-state index in [1.54, 1.807) is 7.11 Å². The first-order chi connectivity index (χ1) is 9.19. The lowest BCUT2D eigenvalue weighted by Crippen LogP contribution is -2.15. The van der Waals surface area contributed by atoms with Crippen LogP contribution in [0.3, 0.4) is 0 Å². The first kappa shape index (κ1) is 14.0. The van der Waals surface area contributed by atoms with Crippen LogP contribution in [0.1, 0.15) is 25.3 Å². The lowest BCUT2D eigenvalue weighted by Gasteiger charge is -2.08. The van der Waals surface area contributed by atoms with Crippen LogP contribution in [-0.4, -0.2) is 24.4 Å². The fraction of sp³-hybridized carbons (Fsp3) is 0.385. The topological polar surface area (TPSA) is 60.2 Å². The predicted molar refractivity (Wildman–Crippen MR) is 76.1 cm³/mol. The molecule has 5 nitrogen and oxygen atoms in total. The zero-order valence-electron chi connectivity index (χ0n) is 11.1. The van der Waals surface area contributed by atoms with Gasteiger partial charge < -0.3 is 14.5 Å². The van der Waals surface area contributed by atoms with Crippen LogP contribution >= 0.6 is 15.9 Å². The Morgan fingerprint density at radius 1 is 1.42 bits per heavy atom. The summed E-state index contributed by atoms with van der Waals surface area (Å²) in [5, 5.41) is 11.3. The summed E-state index contributed by atoms with van der Waals surface area (Å²) in [5.74, 6) is 1.75. The minimum atomic E-state index is 0.0719. The van der Waals surface area contributed by atoms with Gasteiger partial charge in [-0.2, -0.15) is 0 Å². The highest BCUT2D eigenvalue weighted by atomic mass is 79.9. The number of rotatable bonds is 5. The number of aromatic nitrogens is 2. The van der Waals surface area contributed by atoms with E-state index in [-0.39, 0.29) is 6.04 Å². The maximum absolute atomic E-state index is 5.72. The van der Waals surface area contributed by atoms with E-state index in [1.165, 1.54) is 0 Å². The van der Waals surface area contributed by atoms with Crippen LogP contribution < -0.4 is 10.1 Å². The second kappa shape index (κ2) is 6.16. The second-order valence-electron chi connectivity index (χ2n) is 4.04. The van der Waals surface area contributed by atoms with E-state index in [4.69, 9.17) is 9.15 Å². The minimum absolute atomic E-state index is 0.0719. The standard InChI is InChI=1S/C13H16BrN3O2/c1-4-10(15-2)13-17-16-12(19-13)9-6-5-8(14)7-11(9)18-3/h5-7,10,15H,4H2,1-3H3. The van der Waals surface area contributed by atoms with Crippen molar-refractivity contribution in [3.63, 3.8) is 0 Å². The molecule has 0 spiro atoms. The number of methoxy groups -OCH3 is 1. The van der Waals surface area contributed by atoms with Gasteiger partial charge in [-0.1, -0.05) is 22.9 Å². The molecule has 1 N–H and O–H groups in total. The molecule has 0 aliphatic heterocycles. The van der Waals surface area contributed by atoms with E-state index >= 15 is 0 Å². The molecule has 0 saturated heterocycles. The lowest BCUT2D eigenvalue weighted by molar-refractivity contribution is 0.403. The number of halogens is 1. The maximum Gasteiger partial charge on any atom is 0.251 e. The van der Waals surface area contributed by atoms with Crippen molar-refractivity contribution >= 4 is 15.9 Å². The summed E-state index contributed by atoms with van der Waals surface area (Å²) in [6, 6.07) is 5.74. The molecule has 6 heteroatoms. The molecule has 0 saturated carbocycles. The van der Waals surface area contributed by atoms with Gasteiger partial charge in [0.1, 0.15) is 5.75 Å². The van der Waals surface area contributed by atoms with Gasteiger partial charge in [0.15, 0.2) is 0 Å². The van der Waals surface area contributed by atoms with Crippen LogP contribution in [0.25, 0.3) is 11.5 Å². The van der Waals surface area contributed by atoms with Crippen molar-refractivity contribution in [3.05, 3.63) is 28.6 Å². The summed E-state index contributed by atoms with van der Waals surface area (Å²) in [4.78, 5) is 0. The molecule has 0 bridgehead atoms. The molecular weight excluding hydrogens is 310 g/mol. The van der Waals surface area contributed by atoms with E-state index in [0.29, 0.717) is 17.5 Å². The van der Waals surface area contributed by atoms with Crippen molar-refractivity contribution in [3.8, 4) is 17.2 Å². The zero-order valence-corrected chi connectivity index (χ0v) is 12.7. The normalized spacial score (nSPS) is 12.4. The molecule has 0 aliphatic rings. The molecule has 0 aliphatic carbocycles. The summed E-state index contributed by atoms with van der Waals surface area (Å²) in [5.41, 5.74) is 0.787. The summed E-state index contributed by atoms with van der Waals surface area (Å²) in [6.07, 6.45) is 0.885. The van der Waals surface area contributed by atoms with E-state index in [0.717, 1.165) is 16.5 Å². The van der Waals surface area contributed by atoms with Crippen LogP contribution in [0.5, 0.6) is 5.75 Å². The highest BCUT2D eigenvalue weighted by Crippen LogP contribution is 2.32. The van der Waals surface area contributed by atoms with Crippen molar-refractivity contribution in [1.82, 2.24) is 15.5 Å². The van der Waals surface area contributed by atoms with Gasteiger partial charge in [-0.15, -0.1) is 10.2 Å². The van der Waals surface area contributed by atoms with E-state index in [1.807, 2.05) is 25.2 Å². The van der Waals surface area contributed by atoms with Gasteiger partial charge in [-0.3, -0.25) is 0 Å². The molecule has 2 aromatic rings. The third-order valence-electron chi connectivity index (χ3n) is 2.89. The van der Waals surface area contributed by atoms with Crippen molar-refractivity contribution in [2.24, 2.45) is 0 Å². The fourth-order valence-electron chi connectivity index (χ4n) is 1.83. The third-order valence-corrected chi connectivity index (χ3v) is 3.38. The van der Waals surface area contributed by atoms with Crippen LogP contribution in [0.15, 0.2) is 27.1 Å². The predicted octanol–water partition coefficient (Wildman–Crippen LogP) is 3.18. The number of nitrogens with one attached hydrogen (secondary N) is 1. The van der Waals surface area contributed by atoms with Gasteiger partial charge in [-0.25, -0.2) is 0 Å². The van der Waals surface area contributed by atoms with Crippen molar-refractivity contribution in [2.45, 2.75) is 19.4 Å². The molecule has 1 aromatic heterocycles. The Bertz CT molecular complexity index is 553. The highest BCUT2D eigenvalue weighted by molar-refractivity contribution is 9.10. The third kappa shape index (κ3) is 2.96. The Morgan fingerprint density at radius 3 is 2.84 bits per heavy atom. The molecule has 1 unspecified atom stereocenters. The van der Waals surface area contributed by atoms with Crippen LogP contribution in [0, 0.1) is 0 Å². The van der Waals surface area contributed by atoms with Gasteiger partial charge in [0.05, 0.1) is 18.7 Å². The number of nitrogens with zero attached hydrogens (tertiary/aromatic N) is 2. The zero-order chi connectivity index (χ0) is 13.8. The molecule has 1 atom stereocenters. The number of hydrogen-bond donors (Lipinski definition) is 1. The molecule has 0 fully saturated rings. The number of ether oxygens (including phenoxy) is 1. The van der Waals surface area contributed by atoms with Crippen molar-refractivity contribution in [2.75, 3.05) is 14.2 Å². The molecule has 0 radical (unpaired) electrons. The van der Waals surface area contributed by atoms with Gasteiger partial charge in [-0.05, 0) is 31.7 Å². The highest BCUT2D eigenvalue weighted by Gasteiger charge is 2.18. The summed E-state index contributed by atoms with van der Waals surface area (Å²) < 4.78 is 12.0. The Kier molecular flexibility index (Phi) is 4.55. The Morgan fingerprint density at radius 2 is 2.21 bits per heavy atom. The van der Waals surface area contributed by atoms with Crippen LogP contribution in [0.4, 0.5) is 0 Å². The van der Waals surface area contributed by atoms with Gasteiger partial charge in [0, 0.05) is 4.47 Å². The fourth-order valence-corrected chi connectivity index (χ4v) is 2.17. The van der Waals surface area contributed by atoms with Gasteiger partial charge in [0.2, 0.25) is 5.89 Å². The largest absolute Gasteiger partial charge is 0.496 e.